The molecule has 0 aliphatic carbocycles. The molecule has 1 amide bonds. The normalized spacial score (nSPS) is 10.2. The summed E-state index contributed by atoms with van der Waals surface area (Å²) in [5.41, 5.74) is 2.78. The third-order valence-corrected chi connectivity index (χ3v) is 3.53. The SMILES string of the molecule is COc1ccc(CN(C)C(=O)c2cccc(N(C)C)c2)cc1. The van der Waals surface area contributed by atoms with E-state index in [0.29, 0.717) is 12.1 Å². The van der Waals surface area contributed by atoms with Gasteiger partial charge in [-0.2, -0.15) is 0 Å². The van der Waals surface area contributed by atoms with Crippen LogP contribution in [0.4, 0.5) is 5.69 Å². The van der Waals surface area contributed by atoms with Crippen LogP contribution in [0.1, 0.15) is 15.9 Å². The maximum atomic E-state index is 12.5. The number of carbonyl (C=O) groups is 1. The Hall–Kier alpha value is -2.49. The van der Waals surface area contributed by atoms with Gasteiger partial charge in [0, 0.05) is 38.9 Å². The van der Waals surface area contributed by atoms with Crippen molar-refractivity contribution in [2.24, 2.45) is 0 Å². The first-order chi connectivity index (χ1) is 10.5. The zero-order valence-electron chi connectivity index (χ0n) is 13.5. The highest BCUT2D eigenvalue weighted by atomic mass is 16.5. The van der Waals surface area contributed by atoms with E-state index in [1.807, 2.05) is 74.6 Å². The van der Waals surface area contributed by atoms with Crippen LogP contribution in [0.2, 0.25) is 0 Å². The Morgan fingerprint density at radius 1 is 1.05 bits per heavy atom. The van der Waals surface area contributed by atoms with Gasteiger partial charge < -0.3 is 14.5 Å². The van der Waals surface area contributed by atoms with Crippen molar-refractivity contribution in [2.45, 2.75) is 6.54 Å². The monoisotopic (exact) mass is 298 g/mol. The van der Waals surface area contributed by atoms with Gasteiger partial charge in [0.1, 0.15) is 5.75 Å². The average Bonchev–Trinajstić information content (AvgIpc) is 2.54. The van der Waals surface area contributed by atoms with E-state index in [-0.39, 0.29) is 5.91 Å². The average molecular weight is 298 g/mol. The number of anilines is 1. The Bertz CT molecular complexity index is 636. The van der Waals surface area contributed by atoms with Gasteiger partial charge in [0.2, 0.25) is 0 Å². The topological polar surface area (TPSA) is 32.8 Å². The number of hydrogen-bond donors (Lipinski definition) is 0. The number of ether oxygens (including phenoxy) is 1. The standard InChI is InChI=1S/C18H22N2O2/c1-19(2)16-7-5-6-15(12-16)18(21)20(3)13-14-8-10-17(22-4)11-9-14/h5-12H,13H2,1-4H3. The first kappa shape index (κ1) is 15.9. The fraction of sp³-hybridized carbons (Fsp3) is 0.278. The van der Waals surface area contributed by atoms with Crippen molar-refractivity contribution in [3.05, 3.63) is 59.7 Å². The number of benzene rings is 2. The molecule has 116 valence electrons. The van der Waals surface area contributed by atoms with Crippen LogP contribution in [0, 0.1) is 0 Å². The van der Waals surface area contributed by atoms with Crippen LogP contribution in [-0.2, 0) is 6.54 Å². The van der Waals surface area contributed by atoms with Gasteiger partial charge in [-0.15, -0.1) is 0 Å². The molecule has 4 heteroatoms. The van der Waals surface area contributed by atoms with Gasteiger partial charge in [0.15, 0.2) is 0 Å². The van der Waals surface area contributed by atoms with E-state index in [1.165, 1.54) is 0 Å². The molecule has 0 atom stereocenters. The second-order valence-electron chi connectivity index (χ2n) is 5.45. The number of hydrogen-bond acceptors (Lipinski definition) is 3. The first-order valence-corrected chi connectivity index (χ1v) is 7.17. The van der Waals surface area contributed by atoms with Crippen molar-refractivity contribution < 1.29 is 9.53 Å². The van der Waals surface area contributed by atoms with Gasteiger partial charge in [0.05, 0.1) is 7.11 Å². The van der Waals surface area contributed by atoms with E-state index in [0.717, 1.165) is 17.0 Å². The summed E-state index contributed by atoms with van der Waals surface area (Å²) in [5.74, 6) is 0.830. The zero-order valence-corrected chi connectivity index (χ0v) is 13.5. The fourth-order valence-corrected chi connectivity index (χ4v) is 2.21. The summed E-state index contributed by atoms with van der Waals surface area (Å²) in [6, 6.07) is 15.4. The second kappa shape index (κ2) is 6.98. The summed E-state index contributed by atoms with van der Waals surface area (Å²) in [4.78, 5) is 16.2. The van der Waals surface area contributed by atoms with E-state index >= 15 is 0 Å². The summed E-state index contributed by atoms with van der Waals surface area (Å²) in [6.07, 6.45) is 0. The highest BCUT2D eigenvalue weighted by Crippen LogP contribution is 2.17. The Morgan fingerprint density at radius 2 is 1.73 bits per heavy atom. The number of rotatable bonds is 5. The van der Waals surface area contributed by atoms with Crippen molar-refractivity contribution in [3.63, 3.8) is 0 Å². The Kier molecular flexibility index (Phi) is 5.04. The minimum absolute atomic E-state index is 0.0134. The summed E-state index contributed by atoms with van der Waals surface area (Å²) in [5, 5.41) is 0. The lowest BCUT2D eigenvalue weighted by Crippen LogP contribution is -2.26. The van der Waals surface area contributed by atoms with Gasteiger partial charge >= 0.3 is 0 Å². The van der Waals surface area contributed by atoms with E-state index in [4.69, 9.17) is 4.74 Å². The molecule has 0 aliphatic rings. The van der Waals surface area contributed by atoms with E-state index in [9.17, 15) is 4.79 Å². The predicted molar refractivity (Wildman–Crippen MR) is 89.6 cm³/mol. The van der Waals surface area contributed by atoms with Crippen molar-refractivity contribution >= 4 is 11.6 Å². The molecule has 0 saturated carbocycles. The summed E-state index contributed by atoms with van der Waals surface area (Å²) >= 11 is 0. The van der Waals surface area contributed by atoms with Gasteiger partial charge in [0.25, 0.3) is 5.91 Å². The molecule has 0 bridgehead atoms. The van der Waals surface area contributed by atoms with Crippen LogP contribution in [0.15, 0.2) is 48.5 Å². The van der Waals surface area contributed by atoms with Crippen molar-refractivity contribution in [3.8, 4) is 5.75 Å². The van der Waals surface area contributed by atoms with Crippen LogP contribution < -0.4 is 9.64 Å². The molecule has 0 heterocycles. The van der Waals surface area contributed by atoms with Crippen molar-refractivity contribution in [2.75, 3.05) is 33.2 Å². The summed E-state index contributed by atoms with van der Waals surface area (Å²) < 4.78 is 5.14. The van der Waals surface area contributed by atoms with E-state index in [1.54, 1.807) is 12.0 Å². The summed E-state index contributed by atoms with van der Waals surface area (Å²) in [6.45, 7) is 0.565. The van der Waals surface area contributed by atoms with Crippen molar-refractivity contribution in [1.82, 2.24) is 4.90 Å². The minimum atomic E-state index is 0.0134. The Morgan fingerprint density at radius 3 is 2.32 bits per heavy atom. The lowest BCUT2D eigenvalue weighted by Gasteiger charge is -2.19. The Balaban J connectivity index is 2.09. The molecule has 0 spiro atoms. The third kappa shape index (κ3) is 3.79. The number of carbonyl (C=O) groups excluding carboxylic acids is 1. The molecule has 0 aliphatic heterocycles. The molecule has 4 nitrogen and oxygen atoms in total. The molecule has 2 rings (SSSR count). The van der Waals surface area contributed by atoms with Gasteiger partial charge in [-0.05, 0) is 35.9 Å². The van der Waals surface area contributed by atoms with Gasteiger partial charge in [-0.3, -0.25) is 4.79 Å². The third-order valence-electron chi connectivity index (χ3n) is 3.53. The maximum absolute atomic E-state index is 12.5. The van der Waals surface area contributed by atoms with Crippen LogP contribution >= 0.6 is 0 Å². The van der Waals surface area contributed by atoms with E-state index in [2.05, 4.69) is 0 Å². The zero-order chi connectivity index (χ0) is 16.1. The molecule has 0 N–H and O–H groups in total. The molecule has 2 aromatic rings. The lowest BCUT2D eigenvalue weighted by molar-refractivity contribution is 0.0785. The second-order valence-corrected chi connectivity index (χ2v) is 5.45. The largest absolute Gasteiger partial charge is 0.497 e. The fourth-order valence-electron chi connectivity index (χ4n) is 2.21. The molecular weight excluding hydrogens is 276 g/mol. The van der Waals surface area contributed by atoms with E-state index < -0.39 is 0 Å². The van der Waals surface area contributed by atoms with Crippen LogP contribution in [-0.4, -0.2) is 39.1 Å². The molecule has 0 fully saturated rings. The highest BCUT2D eigenvalue weighted by molar-refractivity contribution is 5.95. The molecule has 0 saturated heterocycles. The lowest BCUT2D eigenvalue weighted by atomic mass is 10.1. The molecule has 2 aromatic carbocycles. The molecule has 0 aromatic heterocycles. The van der Waals surface area contributed by atoms with Gasteiger partial charge in [-0.1, -0.05) is 18.2 Å². The molecular formula is C18H22N2O2. The van der Waals surface area contributed by atoms with Crippen molar-refractivity contribution in [1.29, 1.82) is 0 Å². The maximum Gasteiger partial charge on any atom is 0.253 e. The summed E-state index contributed by atoms with van der Waals surface area (Å²) in [7, 11) is 7.38. The Labute approximate surface area is 131 Å². The predicted octanol–water partition coefficient (Wildman–Crippen LogP) is 3.03. The molecule has 0 radical (unpaired) electrons. The molecule has 0 unspecified atom stereocenters. The van der Waals surface area contributed by atoms with Crippen LogP contribution in [0.25, 0.3) is 0 Å². The first-order valence-electron chi connectivity index (χ1n) is 7.17. The number of nitrogens with zero attached hydrogens (tertiary/aromatic N) is 2. The minimum Gasteiger partial charge on any atom is -0.497 e. The number of methoxy groups -OCH3 is 1. The quantitative estimate of drug-likeness (QED) is 0.850. The smallest absolute Gasteiger partial charge is 0.253 e. The molecule has 22 heavy (non-hydrogen) atoms. The van der Waals surface area contributed by atoms with Crippen LogP contribution in [0.3, 0.4) is 0 Å². The van der Waals surface area contributed by atoms with Gasteiger partial charge in [-0.25, -0.2) is 0 Å². The van der Waals surface area contributed by atoms with Crippen LogP contribution in [0.5, 0.6) is 5.75 Å². The number of amides is 1. The highest BCUT2D eigenvalue weighted by Gasteiger charge is 2.13.